The van der Waals surface area contributed by atoms with Crippen LogP contribution in [-0.2, 0) is 4.79 Å². The Hall–Kier alpha value is -2.63. The fourth-order valence-electron chi connectivity index (χ4n) is 3.20. The van der Waals surface area contributed by atoms with E-state index in [4.69, 9.17) is 4.74 Å². The Labute approximate surface area is 157 Å². The van der Waals surface area contributed by atoms with Crippen LogP contribution in [0.25, 0.3) is 0 Å². The first kappa shape index (κ1) is 19.1. The molecule has 1 atom stereocenters. The third-order valence-electron chi connectivity index (χ3n) is 4.80. The maximum Gasteiger partial charge on any atom is 0.265 e. The van der Waals surface area contributed by atoms with E-state index in [9.17, 15) is 13.6 Å². The van der Waals surface area contributed by atoms with E-state index >= 15 is 0 Å². The summed E-state index contributed by atoms with van der Waals surface area (Å²) in [4.78, 5) is 12.2. The van der Waals surface area contributed by atoms with Crippen LogP contribution >= 0.6 is 0 Å². The maximum absolute atomic E-state index is 13.2. The van der Waals surface area contributed by atoms with Gasteiger partial charge in [0.25, 0.3) is 5.91 Å². The number of anilines is 2. The first-order valence-electron chi connectivity index (χ1n) is 9.28. The Morgan fingerprint density at radius 3 is 2.41 bits per heavy atom. The van der Waals surface area contributed by atoms with Crippen molar-refractivity contribution in [2.24, 2.45) is 5.92 Å². The zero-order valence-corrected chi connectivity index (χ0v) is 15.3. The van der Waals surface area contributed by atoms with Crippen LogP contribution in [0.5, 0.6) is 5.75 Å². The zero-order valence-electron chi connectivity index (χ0n) is 15.3. The number of hydrogen-bond acceptors (Lipinski definition) is 3. The first-order chi connectivity index (χ1) is 13.0. The van der Waals surface area contributed by atoms with Crippen molar-refractivity contribution < 1.29 is 18.3 Å². The molecule has 3 rings (SSSR count). The second kappa shape index (κ2) is 8.84. The zero-order chi connectivity index (χ0) is 19.2. The van der Waals surface area contributed by atoms with Crippen molar-refractivity contribution in [2.75, 3.05) is 17.2 Å². The van der Waals surface area contributed by atoms with Crippen LogP contribution < -0.4 is 15.4 Å². The predicted molar refractivity (Wildman–Crippen MR) is 102 cm³/mol. The van der Waals surface area contributed by atoms with Crippen molar-refractivity contribution in [1.29, 1.82) is 0 Å². The average molecular weight is 374 g/mol. The minimum atomic E-state index is -1.01. The molecular weight excluding hydrogens is 350 g/mol. The number of halogens is 2. The van der Waals surface area contributed by atoms with E-state index in [1.807, 2.05) is 24.3 Å². The highest BCUT2D eigenvalue weighted by atomic mass is 19.2. The summed E-state index contributed by atoms with van der Waals surface area (Å²) in [7, 11) is 0. The van der Waals surface area contributed by atoms with E-state index in [2.05, 4.69) is 10.6 Å². The average Bonchev–Trinajstić information content (AvgIpc) is 3.18. The van der Waals surface area contributed by atoms with Crippen molar-refractivity contribution in [2.45, 2.75) is 38.7 Å². The van der Waals surface area contributed by atoms with Gasteiger partial charge in [0.1, 0.15) is 5.75 Å². The first-order valence-corrected chi connectivity index (χ1v) is 9.28. The van der Waals surface area contributed by atoms with Crippen LogP contribution in [-0.4, -0.2) is 18.6 Å². The summed E-state index contributed by atoms with van der Waals surface area (Å²) in [5, 5.41) is 6.18. The summed E-state index contributed by atoms with van der Waals surface area (Å²) < 4.78 is 31.5. The van der Waals surface area contributed by atoms with Gasteiger partial charge in [0.15, 0.2) is 17.7 Å². The van der Waals surface area contributed by atoms with Gasteiger partial charge in [-0.05, 0) is 62.1 Å². The largest absolute Gasteiger partial charge is 0.481 e. The van der Waals surface area contributed by atoms with Crippen molar-refractivity contribution in [3.05, 3.63) is 54.1 Å². The minimum Gasteiger partial charge on any atom is -0.481 e. The highest BCUT2D eigenvalue weighted by molar-refractivity contribution is 5.94. The molecule has 27 heavy (non-hydrogen) atoms. The van der Waals surface area contributed by atoms with E-state index in [1.54, 1.807) is 6.92 Å². The lowest BCUT2D eigenvalue weighted by molar-refractivity contribution is -0.122. The number of hydrogen-bond donors (Lipinski definition) is 2. The summed E-state index contributed by atoms with van der Waals surface area (Å²) in [5.74, 6) is -1.49. The van der Waals surface area contributed by atoms with Gasteiger partial charge in [-0.2, -0.15) is 0 Å². The topological polar surface area (TPSA) is 50.4 Å². The lowest BCUT2D eigenvalue weighted by Crippen LogP contribution is -2.30. The van der Waals surface area contributed by atoms with Gasteiger partial charge >= 0.3 is 0 Å². The van der Waals surface area contributed by atoms with Crippen molar-refractivity contribution in [3.63, 3.8) is 0 Å². The summed E-state index contributed by atoms with van der Waals surface area (Å²) in [5.41, 5.74) is 1.66. The highest BCUT2D eigenvalue weighted by Crippen LogP contribution is 2.25. The molecule has 6 heteroatoms. The number of amides is 1. The molecule has 4 nitrogen and oxygen atoms in total. The molecular formula is C21H24F2N2O2. The Bertz CT molecular complexity index is 774. The molecule has 1 unspecified atom stereocenters. The van der Waals surface area contributed by atoms with Gasteiger partial charge in [0.05, 0.1) is 0 Å². The van der Waals surface area contributed by atoms with Gasteiger partial charge in [-0.25, -0.2) is 8.78 Å². The Kier molecular flexibility index (Phi) is 6.27. The molecule has 0 heterocycles. The lowest BCUT2D eigenvalue weighted by atomic mass is 10.1. The standard InChI is InChI=1S/C21H24F2N2O2/c1-14(27-18-10-11-19(22)20(23)12-18)21(26)25-17-8-6-16(7-9-17)24-13-15-4-2-3-5-15/h6-12,14-15,24H,2-5,13H2,1H3,(H,25,26). The predicted octanol–water partition coefficient (Wildman–Crippen LogP) is 4.97. The molecule has 0 radical (unpaired) electrons. The van der Waals surface area contributed by atoms with Crippen LogP contribution in [0.3, 0.4) is 0 Å². The quantitative estimate of drug-likeness (QED) is 0.719. The van der Waals surface area contributed by atoms with E-state index in [1.165, 1.54) is 31.7 Å². The minimum absolute atomic E-state index is 0.100. The van der Waals surface area contributed by atoms with E-state index < -0.39 is 17.7 Å². The van der Waals surface area contributed by atoms with Crippen molar-refractivity contribution >= 4 is 17.3 Å². The molecule has 1 fully saturated rings. The number of nitrogens with one attached hydrogen (secondary N) is 2. The molecule has 144 valence electrons. The maximum atomic E-state index is 13.2. The number of rotatable bonds is 7. The lowest BCUT2D eigenvalue weighted by Gasteiger charge is -2.15. The van der Waals surface area contributed by atoms with E-state index in [-0.39, 0.29) is 11.7 Å². The fraction of sp³-hybridized carbons (Fsp3) is 0.381. The summed E-state index contributed by atoms with van der Waals surface area (Å²) in [6, 6.07) is 10.7. The second-order valence-electron chi connectivity index (χ2n) is 6.93. The van der Waals surface area contributed by atoms with Gasteiger partial charge < -0.3 is 15.4 Å². The smallest absolute Gasteiger partial charge is 0.265 e. The van der Waals surface area contributed by atoms with Crippen LogP contribution in [0.4, 0.5) is 20.2 Å². The van der Waals surface area contributed by atoms with Crippen molar-refractivity contribution in [1.82, 2.24) is 0 Å². The molecule has 0 bridgehead atoms. The number of carbonyl (C=O) groups excluding carboxylic acids is 1. The van der Waals surface area contributed by atoms with Gasteiger partial charge in [0.2, 0.25) is 0 Å². The van der Waals surface area contributed by atoms with E-state index in [0.29, 0.717) is 5.69 Å². The number of ether oxygens (including phenoxy) is 1. The van der Waals surface area contributed by atoms with Gasteiger partial charge in [0, 0.05) is 24.0 Å². The van der Waals surface area contributed by atoms with E-state index in [0.717, 1.165) is 30.3 Å². The Morgan fingerprint density at radius 1 is 1.07 bits per heavy atom. The summed E-state index contributed by atoms with van der Waals surface area (Å²) in [6.45, 7) is 2.53. The molecule has 0 spiro atoms. The fourth-order valence-corrected chi connectivity index (χ4v) is 3.20. The number of carbonyl (C=O) groups is 1. The summed E-state index contributed by atoms with van der Waals surface area (Å²) >= 11 is 0. The summed E-state index contributed by atoms with van der Waals surface area (Å²) in [6.07, 6.45) is 4.37. The van der Waals surface area contributed by atoms with Crippen LogP contribution in [0.2, 0.25) is 0 Å². The molecule has 1 aliphatic rings. The molecule has 0 saturated heterocycles. The third kappa shape index (κ3) is 5.42. The van der Waals surface area contributed by atoms with Crippen LogP contribution in [0, 0.1) is 17.6 Å². The Balaban J connectivity index is 1.49. The van der Waals surface area contributed by atoms with Crippen LogP contribution in [0.15, 0.2) is 42.5 Å². The molecule has 1 saturated carbocycles. The second-order valence-corrected chi connectivity index (χ2v) is 6.93. The molecule has 2 aromatic carbocycles. The molecule has 2 N–H and O–H groups in total. The third-order valence-corrected chi connectivity index (χ3v) is 4.80. The number of benzene rings is 2. The molecule has 1 amide bonds. The van der Waals surface area contributed by atoms with Crippen LogP contribution in [0.1, 0.15) is 32.6 Å². The molecule has 2 aromatic rings. The monoisotopic (exact) mass is 374 g/mol. The van der Waals surface area contributed by atoms with Gasteiger partial charge in [-0.15, -0.1) is 0 Å². The highest BCUT2D eigenvalue weighted by Gasteiger charge is 2.16. The normalized spacial score (nSPS) is 15.4. The van der Waals surface area contributed by atoms with Gasteiger partial charge in [-0.1, -0.05) is 12.8 Å². The van der Waals surface area contributed by atoms with Crippen molar-refractivity contribution in [3.8, 4) is 5.75 Å². The molecule has 0 aromatic heterocycles. The molecule has 0 aliphatic heterocycles. The SMILES string of the molecule is CC(Oc1ccc(F)c(F)c1)C(=O)Nc1ccc(NCC2CCCC2)cc1. The molecule has 1 aliphatic carbocycles. The Morgan fingerprint density at radius 2 is 1.74 bits per heavy atom. The van der Waals surface area contributed by atoms with Gasteiger partial charge in [-0.3, -0.25) is 4.79 Å².